The fraction of sp³-hybridized carbons (Fsp3) is 0.108. The molecule has 0 amide bonds. The van der Waals surface area contributed by atoms with E-state index in [9.17, 15) is 0 Å². The second-order valence-corrected chi connectivity index (χ2v) is 24.4. The smallest absolute Gasteiger partial charge is 0.164 e. The highest BCUT2D eigenvalue weighted by Crippen LogP contribution is 2.46. The van der Waals surface area contributed by atoms with Gasteiger partial charge in [-0.1, -0.05) is 154 Å². The average molecular weight is 1050 g/mol. The van der Waals surface area contributed by atoms with Crippen LogP contribution in [0.4, 0.5) is 0 Å². The summed E-state index contributed by atoms with van der Waals surface area (Å²) in [6.45, 7) is 13.5. The summed E-state index contributed by atoms with van der Waals surface area (Å²) >= 11 is 0. The first-order valence-electron chi connectivity index (χ1n) is 28.3. The van der Waals surface area contributed by atoms with E-state index in [0.717, 1.165) is 71.8 Å². The third-order valence-corrected chi connectivity index (χ3v) is 17.1. The quantitative estimate of drug-likeness (QED) is 0.130. The molecule has 3 aromatic heterocycles. The van der Waals surface area contributed by atoms with Crippen LogP contribution in [0.5, 0.6) is 0 Å². The van der Waals surface area contributed by atoms with Gasteiger partial charge in [-0.3, -0.25) is 0 Å². The molecular formula is C74H52N8. The molecule has 0 aliphatic carbocycles. The number of fused-ring (bicyclic) bond motifs is 28. The second kappa shape index (κ2) is 16.7. The largest absolute Gasteiger partial charge is 0.324 e. The van der Waals surface area contributed by atoms with Crippen molar-refractivity contribution < 1.29 is 0 Å². The third kappa shape index (κ3) is 6.97. The number of H-pyrrole nitrogens is 1. The van der Waals surface area contributed by atoms with Crippen LogP contribution in [-0.4, -0.2) is 39.5 Å². The van der Waals surface area contributed by atoms with Gasteiger partial charge < -0.3 is 9.55 Å². The maximum atomic E-state index is 5.60. The summed E-state index contributed by atoms with van der Waals surface area (Å²) in [5, 5.41) is 21.1. The van der Waals surface area contributed by atoms with Crippen molar-refractivity contribution in [1.82, 2.24) is 39.5 Å². The van der Waals surface area contributed by atoms with Crippen molar-refractivity contribution in [3.8, 4) is 56.7 Å². The summed E-state index contributed by atoms with van der Waals surface area (Å²) in [5.41, 5.74) is 9.19. The van der Waals surface area contributed by atoms with Gasteiger partial charge in [-0.2, -0.15) is 0 Å². The lowest BCUT2D eigenvalue weighted by Gasteiger charge is -2.25. The lowest BCUT2D eigenvalue weighted by molar-refractivity contribution is 0.418. The molecule has 82 heavy (non-hydrogen) atoms. The lowest BCUT2D eigenvalue weighted by Crippen LogP contribution is -2.22. The van der Waals surface area contributed by atoms with E-state index in [1.54, 1.807) is 0 Å². The van der Waals surface area contributed by atoms with Crippen molar-refractivity contribution >= 4 is 120 Å². The summed E-state index contributed by atoms with van der Waals surface area (Å²) in [6, 6.07) is 73.0. The number of aromatic amines is 1. The Kier molecular flexibility index (Phi) is 9.51. The first kappa shape index (κ1) is 46.7. The maximum Gasteiger partial charge on any atom is 0.164 e. The number of benzene rings is 12. The molecule has 15 aromatic rings. The highest BCUT2D eigenvalue weighted by atomic mass is 15.2. The Morgan fingerprint density at radius 2 is 0.695 bits per heavy atom. The molecule has 5 heterocycles. The molecule has 8 nitrogen and oxygen atoms in total. The highest BCUT2D eigenvalue weighted by molar-refractivity contribution is 6.19. The molecule has 0 fully saturated rings. The molecular weight excluding hydrogens is 1000 g/mol. The van der Waals surface area contributed by atoms with E-state index in [1.807, 2.05) is 18.2 Å². The minimum atomic E-state index is -0.422. The molecule has 0 saturated heterocycles. The normalized spacial score (nSPS) is 12.8. The van der Waals surface area contributed by atoms with Gasteiger partial charge in [-0.05, 0) is 185 Å². The summed E-state index contributed by atoms with van der Waals surface area (Å²) in [7, 11) is 0. The zero-order chi connectivity index (χ0) is 54.9. The molecule has 0 saturated carbocycles. The highest BCUT2D eigenvalue weighted by Gasteiger charge is 2.29. The Morgan fingerprint density at radius 3 is 1.22 bits per heavy atom. The Bertz CT molecular complexity index is 5560. The van der Waals surface area contributed by atoms with Crippen LogP contribution in [0, 0.1) is 0 Å². The molecule has 0 atom stereocenters. The summed E-state index contributed by atoms with van der Waals surface area (Å²) in [6.07, 6.45) is 0. The van der Waals surface area contributed by atoms with Crippen molar-refractivity contribution in [2.75, 3.05) is 0 Å². The predicted octanol–water partition coefficient (Wildman–Crippen LogP) is 19.1. The first-order chi connectivity index (χ1) is 39.8. The number of aromatic nitrogens is 8. The van der Waals surface area contributed by atoms with Gasteiger partial charge in [0, 0.05) is 49.3 Å². The zero-order valence-corrected chi connectivity index (χ0v) is 46.2. The number of nitrogens with zero attached hydrogens (tertiary/aromatic N) is 7. The fourth-order valence-electron chi connectivity index (χ4n) is 13.5. The minimum absolute atomic E-state index is 0.372. The van der Waals surface area contributed by atoms with Crippen LogP contribution >= 0.6 is 0 Å². The molecule has 17 rings (SSSR count). The van der Waals surface area contributed by atoms with E-state index in [1.165, 1.54) is 75.4 Å². The van der Waals surface area contributed by atoms with Crippen LogP contribution in [0.3, 0.4) is 0 Å². The van der Waals surface area contributed by atoms with Gasteiger partial charge >= 0.3 is 0 Å². The molecule has 388 valence electrons. The van der Waals surface area contributed by atoms with Crippen molar-refractivity contribution in [2.45, 2.75) is 52.5 Å². The number of rotatable bonds is 1. The molecule has 0 spiro atoms. The van der Waals surface area contributed by atoms with Crippen molar-refractivity contribution in [1.29, 1.82) is 0 Å². The number of hydrogen-bond donors (Lipinski definition) is 1. The van der Waals surface area contributed by atoms with Crippen LogP contribution in [0.15, 0.2) is 200 Å². The van der Waals surface area contributed by atoms with E-state index in [0.29, 0.717) is 34.6 Å². The fourth-order valence-corrected chi connectivity index (χ4v) is 13.5. The van der Waals surface area contributed by atoms with Crippen LogP contribution in [-0.2, 0) is 11.0 Å². The van der Waals surface area contributed by atoms with Crippen molar-refractivity contribution in [2.24, 2.45) is 0 Å². The summed E-state index contributed by atoms with van der Waals surface area (Å²) in [5.74, 6) is 2.35. The molecule has 8 bridgehead atoms. The van der Waals surface area contributed by atoms with Gasteiger partial charge in [0.1, 0.15) is 22.6 Å². The summed E-state index contributed by atoms with van der Waals surface area (Å²) in [4.78, 5) is 36.6. The van der Waals surface area contributed by atoms with Crippen LogP contribution in [0.2, 0.25) is 0 Å². The Morgan fingerprint density at radius 1 is 0.293 bits per heavy atom. The van der Waals surface area contributed by atoms with Gasteiger partial charge in [0.25, 0.3) is 0 Å². The zero-order valence-electron chi connectivity index (χ0n) is 46.2. The van der Waals surface area contributed by atoms with Gasteiger partial charge in [-0.25, -0.2) is 29.9 Å². The van der Waals surface area contributed by atoms with Gasteiger partial charge in [0.05, 0.1) is 0 Å². The standard InChI is InChI=1S/C74H52N8/c1-73(2,3)64-52(51-25-15-18-42-32-47-33-43-26-27-44-34-48-35-45-30-40-16-7-8-17-41(40)31-46(45)36-49(48)37-61(44)62(43)39-50(47)38-60(42)51)28-29-59-63(64)70-78-66-54-20-10-12-22-56(54)68(76-66)81-72-58-24-14-13-23-57(58)71(82(72)74(4,5)6)80-67-55-21-11-9-19-53(55)65(75-67)77-69(59)79-70/h7-39H,1-6H3,(H,75,76,77,78,79,80,81). The third-order valence-electron chi connectivity index (χ3n) is 17.1. The average Bonchev–Trinajstić information content (AvgIpc) is 4.14. The number of hydrogen-bond acceptors (Lipinski definition) is 6. The van der Waals surface area contributed by atoms with Gasteiger partial charge in [0.15, 0.2) is 23.3 Å². The second-order valence-electron chi connectivity index (χ2n) is 24.4. The van der Waals surface area contributed by atoms with Crippen LogP contribution in [0.1, 0.15) is 47.1 Å². The van der Waals surface area contributed by atoms with E-state index in [4.69, 9.17) is 29.9 Å². The molecule has 2 aliphatic heterocycles. The van der Waals surface area contributed by atoms with Crippen LogP contribution < -0.4 is 0 Å². The number of nitrogens with one attached hydrogen (secondary N) is 1. The monoisotopic (exact) mass is 1050 g/mol. The minimum Gasteiger partial charge on any atom is -0.324 e. The molecule has 12 aromatic carbocycles. The maximum absolute atomic E-state index is 5.60. The molecule has 0 radical (unpaired) electrons. The first-order valence-corrected chi connectivity index (χ1v) is 28.3. The SMILES string of the molecule is CC(C)(C)c1c(-c2cccc3cc4cc5ccc6cc7cc8cc9ccccc9cc8cc7cc6c5cc4cc23)ccc2c3nc4nc(nc5c6ccccc6c(nc6nc(nc([nH]3)c12)-c1ccccc1-6)n5C(C)(C)C)-c1ccccc1-4. The molecule has 0 unspecified atom stereocenters. The van der Waals surface area contributed by atoms with E-state index >= 15 is 0 Å². The van der Waals surface area contributed by atoms with Gasteiger partial charge in [0.2, 0.25) is 0 Å². The van der Waals surface area contributed by atoms with E-state index in [2.05, 4.69) is 233 Å². The molecule has 2 aliphatic rings. The Labute approximate surface area is 471 Å². The Balaban J connectivity index is 0.928. The topological polar surface area (TPSA) is 98.1 Å². The van der Waals surface area contributed by atoms with E-state index < -0.39 is 5.54 Å². The van der Waals surface area contributed by atoms with Crippen molar-refractivity contribution in [3.05, 3.63) is 206 Å². The van der Waals surface area contributed by atoms with Crippen LogP contribution in [0.25, 0.3) is 176 Å². The Hall–Kier alpha value is -10.2. The predicted molar refractivity (Wildman–Crippen MR) is 341 cm³/mol. The lowest BCUT2D eigenvalue weighted by atomic mass is 9.78. The molecule has 8 heteroatoms. The van der Waals surface area contributed by atoms with E-state index in [-0.39, 0.29) is 5.41 Å². The summed E-state index contributed by atoms with van der Waals surface area (Å²) < 4.78 is 2.23. The van der Waals surface area contributed by atoms with Crippen molar-refractivity contribution in [3.63, 3.8) is 0 Å². The van der Waals surface area contributed by atoms with Gasteiger partial charge in [-0.15, -0.1) is 0 Å². The molecule has 1 N–H and O–H groups in total.